The zero-order valence-electron chi connectivity index (χ0n) is 2.13. The molecule has 0 rings (SSSR count). The summed E-state index contributed by atoms with van der Waals surface area (Å²) in [5.74, 6) is 0. The van der Waals surface area contributed by atoms with E-state index in [0.29, 0.717) is 0 Å². The maximum atomic E-state index is 10.4. The van der Waals surface area contributed by atoms with Crippen molar-refractivity contribution in [3.8, 4) is 0 Å². The number of halogens is 1. The fourth-order valence-electron chi connectivity index (χ4n) is 0. The SMILES string of the molecule is O=P(O)(O)F.[AlH3].[AlH3].[AlH3]. The second kappa shape index (κ2) is 8.68. The van der Waals surface area contributed by atoms with Gasteiger partial charge in [0.05, 0.1) is 0 Å². The minimum Gasteiger partial charge on any atom is -0.299 e. The molecule has 0 bridgehead atoms. The normalized spacial score (nSPS) is 7.38. The summed E-state index contributed by atoms with van der Waals surface area (Å²) < 4.78 is 19.0. The van der Waals surface area contributed by atoms with Gasteiger partial charge in [-0.2, -0.15) is 0 Å². The van der Waals surface area contributed by atoms with Crippen LogP contribution in [0.4, 0.5) is 4.20 Å². The zero-order valence-corrected chi connectivity index (χ0v) is 3.02. The summed E-state index contributed by atoms with van der Waals surface area (Å²) >= 11 is 0. The minimum absolute atomic E-state index is 0. The molecule has 0 spiro atoms. The molecule has 3 nitrogen and oxygen atoms in total. The second-order valence-electron chi connectivity index (χ2n) is 0.473. The van der Waals surface area contributed by atoms with Gasteiger partial charge >= 0.3 is 7.91 Å². The highest BCUT2D eigenvalue weighted by Crippen LogP contribution is 2.34. The van der Waals surface area contributed by atoms with Gasteiger partial charge < -0.3 is 0 Å². The van der Waals surface area contributed by atoms with Gasteiger partial charge in [0, 0.05) is 0 Å². The Morgan fingerprint density at radius 2 is 1.12 bits per heavy atom. The monoisotopic (exact) mass is 190 g/mol. The van der Waals surface area contributed by atoms with Crippen molar-refractivity contribution in [2.75, 3.05) is 0 Å². The Bertz CT molecular complexity index is 60.7. The van der Waals surface area contributed by atoms with Crippen LogP contribution in [0.15, 0.2) is 0 Å². The molecule has 0 atom stereocenters. The molecule has 50 valence electrons. The fourth-order valence-corrected chi connectivity index (χ4v) is 0. The highest BCUT2D eigenvalue weighted by Gasteiger charge is 2.04. The molecule has 0 amide bonds. The maximum Gasteiger partial charge on any atom is 0.507 e. The van der Waals surface area contributed by atoms with Gasteiger partial charge in [-0.05, 0) is 0 Å². The lowest BCUT2D eigenvalue weighted by Gasteiger charge is -1.77. The van der Waals surface area contributed by atoms with Crippen LogP contribution in [0.3, 0.4) is 0 Å². The van der Waals surface area contributed by atoms with E-state index in [1.54, 1.807) is 0 Å². The molecule has 0 saturated carbocycles. The maximum absolute atomic E-state index is 10.4. The number of hydrogen-bond donors (Lipinski definition) is 2. The summed E-state index contributed by atoms with van der Waals surface area (Å²) in [5.41, 5.74) is 0. The molecule has 0 aromatic carbocycles. The van der Waals surface area contributed by atoms with Crippen molar-refractivity contribution in [1.29, 1.82) is 0 Å². The van der Waals surface area contributed by atoms with E-state index < -0.39 is 7.91 Å². The Morgan fingerprint density at radius 1 is 1.12 bits per heavy atom. The Labute approximate surface area is 78.3 Å². The summed E-state index contributed by atoms with van der Waals surface area (Å²) in [6.45, 7) is 0. The molecule has 0 unspecified atom stereocenters. The van der Waals surface area contributed by atoms with E-state index in [1.807, 2.05) is 0 Å². The Balaban J connectivity index is -0.0000000267. The number of hydrogen-bond acceptors (Lipinski definition) is 1. The van der Waals surface area contributed by atoms with Crippen molar-refractivity contribution < 1.29 is 18.5 Å². The lowest BCUT2D eigenvalue weighted by molar-refractivity contribution is 0.322. The van der Waals surface area contributed by atoms with Gasteiger partial charge in [0.25, 0.3) is 0 Å². The smallest absolute Gasteiger partial charge is 0.299 e. The molecule has 0 aliphatic heterocycles. The Kier molecular flexibility index (Phi) is 24.5. The summed E-state index contributed by atoms with van der Waals surface area (Å²) in [5, 5.41) is 0. The number of rotatable bonds is 0. The molecule has 0 fully saturated rings. The predicted molar refractivity (Wildman–Crippen MR) is 43.0 cm³/mol. The fraction of sp³-hybridized carbons (Fsp3) is 0. The van der Waals surface area contributed by atoms with E-state index in [1.165, 1.54) is 0 Å². The van der Waals surface area contributed by atoms with Crippen LogP contribution in [0.1, 0.15) is 0 Å². The summed E-state index contributed by atoms with van der Waals surface area (Å²) in [6, 6.07) is 0. The van der Waals surface area contributed by atoms with Crippen LogP contribution in [-0.2, 0) is 4.57 Å². The molecule has 0 aliphatic carbocycles. The van der Waals surface area contributed by atoms with Crippen molar-refractivity contribution in [3.63, 3.8) is 0 Å². The van der Waals surface area contributed by atoms with Gasteiger partial charge in [-0.1, -0.05) is 0 Å². The Morgan fingerprint density at radius 3 is 1.12 bits per heavy atom. The van der Waals surface area contributed by atoms with Gasteiger partial charge in [0.2, 0.25) is 0 Å². The van der Waals surface area contributed by atoms with Crippen molar-refractivity contribution in [1.82, 2.24) is 0 Å². The summed E-state index contributed by atoms with van der Waals surface area (Å²) in [6.07, 6.45) is 0. The average molecular weight is 190 g/mol. The summed E-state index contributed by atoms with van der Waals surface area (Å²) in [4.78, 5) is 13.9. The molecule has 0 saturated heterocycles. The summed E-state index contributed by atoms with van der Waals surface area (Å²) in [7, 11) is -5.14. The first-order valence-corrected chi connectivity index (χ1v) is 2.25. The molecule has 0 radical (unpaired) electrons. The third-order valence-electron chi connectivity index (χ3n) is 0. The largest absolute Gasteiger partial charge is 0.507 e. The van der Waals surface area contributed by atoms with Crippen LogP contribution in [0, 0.1) is 0 Å². The van der Waals surface area contributed by atoms with Crippen molar-refractivity contribution in [3.05, 3.63) is 0 Å². The molecule has 0 aromatic heterocycles. The molecular weight excluding hydrogens is 179 g/mol. The first-order valence-electron chi connectivity index (χ1n) is 0.752. The van der Waals surface area contributed by atoms with Gasteiger partial charge in [-0.15, -0.1) is 4.20 Å². The van der Waals surface area contributed by atoms with Crippen LogP contribution in [0.25, 0.3) is 0 Å². The van der Waals surface area contributed by atoms with Crippen LogP contribution in [-0.4, -0.2) is 61.9 Å². The Hall–Kier alpha value is 1.68. The van der Waals surface area contributed by atoms with Crippen molar-refractivity contribution in [2.24, 2.45) is 0 Å². The van der Waals surface area contributed by atoms with Gasteiger partial charge in [-0.3, -0.25) is 9.79 Å². The van der Waals surface area contributed by atoms with Crippen LogP contribution in [0.5, 0.6) is 0 Å². The molecule has 8 heteroatoms. The average Bonchev–Trinajstić information content (AvgIpc) is 0.722. The minimum atomic E-state index is -5.14. The predicted octanol–water partition coefficient (Wildman–Crippen LogP) is -3.50. The van der Waals surface area contributed by atoms with E-state index >= 15 is 0 Å². The van der Waals surface area contributed by atoms with E-state index in [2.05, 4.69) is 0 Å². The molecular formula is H11Al3FO3P. The van der Waals surface area contributed by atoms with Gasteiger partial charge in [-0.25, -0.2) is 4.57 Å². The van der Waals surface area contributed by atoms with Crippen molar-refractivity contribution in [2.45, 2.75) is 0 Å². The molecule has 8 heavy (non-hydrogen) atoms. The van der Waals surface area contributed by atoms with E-state index in [9.17, 15) is 4.20 Å². The molecule has 0 aromatic rings. The standard InChI is InChI=1S/3Al.FH2O3P.9H/c;;;1-5(2,3)4;;;;;;;;;/h;;;(H2,2,3,4);;;;;;;;;. The third-order valence-corrected chi connectivity index (χ3v) is 0. The first kappa shape index (κ1) is 22.6. The third kappa shape index (κ3) is 122. The van der Waals surface area contributed by atoms with Gasteiger partial charge in [0.15, 0.2) is 52.1 Å². The van der Waals surface area contributed by atoms with E-state index in [-0.39, 0.29) is 52.1 Å². The van der Waals surface area contributed by atoms with E-state index in [4.69, 9.17) is 14.4 Å². The molecule has 2 N–H and O–H groups in total. The topological polar surface area (TPSA) is 57.5 Å². The molecule has 0 heterocycles. The first-order chi connectivity index (χ1) is 2.00. The quantitative estimate of drug-likeness (QED) is 0.308. The second-order valence-corrected chi connectivity index (χ2v) is 1.42. The van der Waals surface area contributed by atoms with Gasteiger partial charge in [0.1, 0.15) is 0 Å². The van der Waals surface area contributed by atoms with Crippen LogP contribution >= 0.6 is 7.91 Å². The van der Waals surface area contributed by atoms with Crippen LogP contribution in [0.2, 0.25) is 0 Å². The van der Waals surface area contributed by atoms with Crippen molar-refractivity contribution >= 4 is 60.0 Å². The highest BCUT2D eigenvalue weighted by molar-refractivity contribution is 7.45. The lowest BCUT2D eigenvalue weighted by atomic mass is 15.8. The van der Waals surface area contributed by atoms with E-state index in [0.717, 1.165) is 0 Å². The highest BCUT2D eigenvalue weighted by atomic mass is 31.2. The molecule has 0 aliphatic rings. The zero-order chi connectivity index (χ0) is 4.50. The lowest BCUT2D eigenvalue weighted by Crippen LogP contribution is -1.56. The van der Waals surface area contributed by atoms with Crippen LogP contribution < -0.4 is 0 Å².